The van der Waals surface area contributed by atoms with Gasteiger partial charge in [-0.05, 0) is 18.9 Å². The molecule has 24 heavy (non-hydrogen) atoms. The summed E-state index contributed by atoms with van der Waals surface area (Å²) in [5.74, 6) is 2.18. The Morgan fingerprint density at radius 3 is 2.50 bits per heavy atom. The van der Waals surface area contributed by atoms with Crippen LogP contribution in [0.2, 0.25) is 0 Å². The van der Waals surface area contributed by atoms with Gasteiger partial charge in [0.05, 0.1) is 12.7 Å². The molecule has 0 spiro atoms. The molecule has 1 aromatic rings. The van der Waals surface area contributed by atoms with Gasteiger partial charge in [0.1, 0.15) is 5.69 Å². The highest BCUT2D eigenvalue weighted by Crippen LogP contribution is 2.22. The maximum atomic E-state index is 12.8. The molecule has 0 atom stereocenters. The Morgan fingerprint density at radius 1 is 1.29 bits per heavy atom. The minimum Gasteiger partial charge on any atom is -0.465 e. The molecule has 1 aromatic heterocycles. The third kappa shape index (κ3) is 3.62. The van der Waals surface area contributed by atoms with E-state index in [2.05, 4.69) is 15.8 Å². The molecule has 2 rings (SSSR count). The Hall–Kier alpha value is -2.26. The predicted octanol–water partition coefficient (Wildman–Crippen LogP) is 1.45. The van der Waals surface area contributed by atoms with Crippen LogP contribution in [-0.2, 0) is 11.2 Å². The number of hydrogen-bond donors (Lipinski definition) is 1. The third-order valence-electron chi connectivity index (χ3n) is 4.52. The van der Waals surface area contributed by atoms with E-state index in [0.717, 1.165) is 31.7 Å². The van der Waals surface area contributed by atoms with Crippen LogP contribution in [-0.4, -0.2) is 66.5 Å². The summed E-state index contributed by atoms with van der Waals surface area (Å²) in [5, 5.41) is 0. The van der Waals surface area contributed by atoms with Gasteiger partial charge < -0.3 is 14.6 Å². The standard InChI is InChI=1S/C18H25N3O3/c1-5-7-8-20-9-11-21(12-10-20)17(22)16-13(3)15(18(23)24-4)14(6-2)19-16/h1,19H,6-12H2,2-4H3. The van der Waals surface area contributed by atoms with Crippen molar-refractivity contribution in [2.24, 2.45) is 0 Å². The number of carbonyl (C=O) groups is 2. The molecule has 0 radical (unpaired) electrons. The number of piperazine rings is 1. The summed E-state index contributed by atoms with van der Waals surface area (Å²) in [5.41, 5.74) is 2.38. The number of nitrogens with one attached hydrogen (secondary N) is 1. The molecule has 1 aliphatic heterocycles. The average molecular weight is 331 g/mol. The molecule has 1 fully saturated rings. The van der Waals surface area contributed by atoms with E-state index in [9.17, 15) is 9.59 Å². The topological polar surface area (TPSA) is 65.6 Å². The lowest BCUT2D eigenvalue weighted by atomic mass is 10.1. The lowest BCUT2D eigenvalue weighted by Gasteiger charge is -2.34. The molecule has 0 saturated carbocycles. The number of terminal acetylenes is 1. The van der Waals surface area contributed by atoms with Gasteiger partial charge in [-0.3, -0.25) is 9.69 Å². The smallest absolute Gasteiger partial charge is 0.339 e. The number of nitrogens with zero attached hydrogens (tertiary/aromatic N) is 2. The van der Waals surface area contributed by atoms with E-state index >= 15 is 0 Å². The summed E-state index contributed by atoms with van der Waals surface area (Å²) in [6.07, 6.45) is 6.66. The monoisotopic (exact) mass is 331 g/mol. The zero-order chi connectivity index (χ0) is 17.7. The van der Waals surface area contributed by atoms with Crippen molar-refractivity contribution >= 4 is 11.9 Å². The van der Waals surface area contributed by atoms with Gasteiger partial charge in [-0.15, -0.1) is 12.3 Å². The molecule has 0 bridgehead atoms. The predicted molar refractivity (Wildman–Crippen MR) is 92.0 cm³/mol. The van der Waals surface area contributed by atoms with Crippen LogP contribution < -0.4 is 0 Å². The maximum absolute atomic E-state index is 12.8. The van der Waals surface area contributed by atoms with Crippen LogP contribution >= 0.6 is 0 Å². The van der Waals surface area contributed by atoms with Gasteiger partial charge in [-0.1, -0.05) is 6.92 Å². The number of aromatic amines is 1. The molecular weight excluding hydrogens is 306 g/mol. The van der Waals surface area contributed by atoms with Crippen molar-refractivity contribution in [3.63, 3.8) is 0 Å². The van der Waals surface area contributed by atoms with Crippen LogP contribution in [0.4, 0.5) is 0 Å². The van der Waals surface area contributed by atoms with Crippen LogP contribution in [0, 0.1) is 19.3 Å². The second-order valence-corrected chi connectivity index (χ2v) is 5.91. The number of rotatable bonds is 5. The van der Waals surface area contributed by atoms with Crippen molar-refractivity contribution in [3.8, 4) is 12.3 Å². The van der Waals surface area contributed by atoms with Gasteiger partial charge in [0.2, 0.25) is 0 Å². The van der Waals surface area contributed by atoms with Gasteiger partial charge in [-0.25, -0.2) is 4.79 Å². The average Bonchev–Trinajstić information content (AvgIpc) is 2.95. The summed E-state index contributed by atoms with van der Waals surface area (Å²) in [6.45, 7) is 7.56. The van der Waals surface area contributed by atoms with Crippen LogP contribution in [0.1, 0.15) is 45.4 Å². The number of amides is 1. The minimum absolute atomic E-state index is 0.0612. The molecule has 0 unspecified atom stereocenters. The van der Waals surface area contributed by atoms with Gasteiger partial charge in [-0.2, -0.15) is 0 Å². The largest absolute Gasteiger partial charge is 0.465 e. The Balaban J connectivity index is 2.12. The SMILES string of the molecule is C#CCCN1CCN(C(=O)c2[nH]c(CC)c(C(=O)OC)c2C)CC1. The zero-order valence-corrected chi connectivity index (χ0v) is 14.6. The maximum Gasteiger partial charge on any atom is 0.339 e. The Bertz CT molecular complexity index is 649. The van der Waals surface area contributed by atoms with E-state index < -0.39 is 5.97 Å². The molecule has 0 aromatic carbocycles. The summed E-state index contributed by atoms with van der Waals surface area (Å²) in [4.78, 5) is 32.0. The number of esters is 1. The molecule has 6 heteroatoms. The number of carbonyl (C=O) groups excluding carboxylic acids is 2. The Labute approximate surface area is 143 Å². The van der Waals surface area contributed by atoms with Crippen molar-refractivity contribution in [3.05, 3.63) is 22.5 Å². The summed E-state index contributed by atoms with van der Waals surface area (Å²) in [7, 11) is 1.35. The van der Waals surface area contributed by atoms with Crippen molar-refractivity contribution in [1.29, 1.82) is 0 Å². The first-order chi connectivity index (χ1) is 11.5. The summed E-state index contributed by atoms with van der Waals surface area (Å²) < 4.78 is 4.84. The highest BCUT2D eigenvalue weighted by atomic mass is 16.5. The number of hydrogen-bond acceptors (Lipinski definition) is 4. The molecule has 130 valence electrons. The second-order valence-electron chi connectivity index (χ2n) is 5.91. The van der Waals surface area contributed by atoms with Crippen molar-refractivity contribution in [1.82, 2.24) is 14.8 Å². The van der Waals surface area contributed by atoms with Gasteiger partial charge in [0, 0.05) is 44.8 Å². The first-order valence-corrected chi connectivity index (χ1v) is 8.28. The third-order valence-corrected chi connectivity index (χ3v) is 4.52. The van der Waals surface area contributed by atoms with E-state index in [1.54, 1.807) is 6.92 Å². The van der Waals surface area contributed by atoms with Gasteiger partial charge in [0.15, 0.2) is 0 Å². The molecule has 0 aliphatic carbocycles. The van der Waals surface area contributed by atoms with Crippen molar-refractivity contribution in [2.75, 3.05) is 39.8 Å². The van der Waals surface area contributed by atoms with E-state index in [0.29, 0.717) is 36.3 Å². The summed E-state index contributed by atoms with van der Waals surface area (Å²) in [6, 6.07) is 0. The number of aryl methyl sites for hydroxylation is 1. The fourth-order valence-electron chi connectivity index (χ4n) is 3.07. The number of ether oxygens (including phenoxy) is 1. The first-order valence-electron chi connectivity index (χ1n) is 8.28. The van der Waals surface area contributed by atoms with Crippen LogP contribution in [0.3, 0.4) is 0 Å². The highest BCUT2D eigenvalue weighted by molar-refractivity contribution is 6.00. The zero-order valence-electron chi connectivity index (χ0n) is 14.6. The second kappa shape index (κ2) is 8.02. The van der Waals surface area contributed by atoms with Gasteiger partial charge >= 0.3 is 5.97 Å². The van der Waals surface area contributed by atoms with Crippen LogP contribution in [0.15, 0.2) is 0 Å². The normalized spacial score (nSPS) is 15.2. The molecule has 1 N–H and O–H groups in total. The van der Waals surface area contributed by atoms with E-state index in [-0.39, 0.29) is 5.91 Å². The summed E-state index contributed by atoms with van der Waals surface area (Å²) >= 11 is 0. The van der Waals surface area contributed by atoms with Crippen LogP contribution in [0.5, 0.6) is 0 Å². The van der Waals surface area contributed by atoms with E-state index in [1.165, 1.54) is 7.11 Å². The quantitative estimate of drug-likeness (QED) is 0.655. The molecule has 1 aliphatic rings. The Morgan fingerprint density at radius 2 is 1.96 bits per heavy atom. The fraction of sp³-hybridized carbons (Fsp3) is 0.556. The Kier molecular flexibility index (Phi) is 6.04. The van der Waals surface area contributed by atoms with Crippen LogP contribution in [0.25, 0.3) is 0 Å². The number of H-pyrrole nitrogens is 1. The van der Waals surface area contributed by atoms with E-state index in [4.69, 9.17) is 11.2 Å². The number of aromatic nitrogens is 1. The molecule has 6 nitrogen and oxygen atoms in total. The van der Waals surface area contributed by atoms with Gasteiger partial charge in [0.25, 0.3) is 5.91 Å². The fourth-order valence-corrected chi connectivity index (χ4v) is 3.07. The lowest BCUT2D eigenvalue weighted by Crippen LogP contribution is -2.49. The van der Waals surface area contributed by atoms with Crippen molar-refractivity contribution < 1.29 is 14.3 Å². The molecular formula is C18H25N3O3. The lowest BCUT2D eigenvalue weighted by molar-refractivity contribution is 0.0599. The van der Waals surface area contributed by atoms with E-state index in [1.807, 2.05) is 11.8 Å². The first kappa shape index (κ1) is 18.1. The molecule has 1 amide bonds. The minimum atomic E-state index is -0.404. The van der Waals surface area contributed by atoms with Crippen molar-refractivity contribution in [2.45, 2.75) is 26.7 Å². The number of methoxy groups -OCH3 is 1. The molecule has 2 heterocycles. The molecule has 1 saturated heterocycles. The highest BCUT2D eigenvalue weighted by Gasteiger charge is 2.28.